The molecule has 0 bridgehead atoms. The zero-order chi connectivity index (χ0) is 22.4. The third-order valence-electron chi connectivity index (χ3n) is 4.66. The van der Waals surface area contributed by atoms with Crippen LogP contribution in [-0.2, 0) is 31.6 Å². The van der Waals surface area contributed by atoms with E-state index in [1.54, 1.807) is 66.5 Å². The molecule has 1 amide bonds. The van der Waals surface area contributed by atoms with Gasteiger partial charge in [-0.2, -0.15) is 5.10 Å². The smallest absolute Gasteiger partial charge is 0.323 e. The molecule has 0 aliphatic rings. The highest BCUT2D eigenvalue weighted by Crippen LogP contribution is 2.49. The van der Waals surface area contributed by atoms with Crippen LogP contribution in [0.1, 0.15) is 11.1 Å². The first-order valence-electron chi connectivity index (χ1n) is 9.40. The fraction of sp³-hybridized carbons (Fsp3) is 0.182. The average molecular weight is 443 g/mol. The number of hydrogen-bond acceptors (Lipinski definition) is 5. The summed E-state index contributed by atoms with van der Waals surface area (Å²) in [4.78, 5) is 12.3. The van der Waals surface area contributed by atoms with E-state index in [4.69, 9.17) is 9.05 Å². The molecule has 0 radical (unpaired) electrons. The number of amides is 1. The number of benzene rings is 2. The van der Waals surface area contributed by atoms with Crippen molar-refractivity contribution in [3.8, 4) is 11.3 Å². The minimum absolute atomic E-state index is 0.133. The Bertz CT molecular complexity index is 1130. The number of carbonyl (C=O) groups is 1. The van der Waals surface area contributed by atoms with Crippen LogP contribution in [0.2, 0.25) is 0 Å². The second kappa shape index (κ2) is 9.83. The number of aryl methyl sites for hydroxylation is 1. The second-order valence-electron chi connectivity index (χ2n) is 6.71. The monoisotopic (exact) mass is 443 g/mol. The Morgan fingerprint density at radius 3 is 2.48 bits per heavy atom. The largest absolute Gasteiger partial charge is 0.334 e. The van der Waals surface area contributed by atoms with Crippen molar-refractivity contribution in [2.24, 2.45) is 7.05 Å². The van der Waals surface area contributed by atoms with Crippen LogP contribution >= 0.6 is 7.60 Å². The molecule has 0 fully saturated rings. The molecule has 1 N–H and O–H groups in total. The number of aromatic nitrogens is 2. The highest BCUT2D eigenvalue weighted by atomic mass is 31.2. The summed E-state index contributed by atoms with van der Waals surface area (Å²) in [6.07, 6.45) is 4.66. The van der Waals surface area contributed by atoms with Crippen LogP contribution in [-0.4, -0.2) is 29.9 Å². The first-order chi connectivity index (χ1) is 14.8. The average Bonchev–Trinajstić information content (AvgIpc) is 3.14. The molecule has 0 atom stereocenters. The van der Waals surface area contributed by atoms with E-state index in [1.807, 2.05) is 0 Å². The van der Waals surface area contributed by atoms with Crippen molar-refractivity contribution in [2.75, 3.05) is 19.5 Å². The van der Waals surface area contributed by atoms with E-state index in [0.29, 0.717) is 22.5 Å². The van der Waals surface area contributed by atoms with E-state index in [2.05, 4.69) is 10.4 Å². The van der Waals surface area contributed by atoms with Crippen LogP contribution in [0.5, 0.6) is 0 Å². The summed E-state index contributed by atoms with van der Waals surface area (Å²) in [5.41, 5.74) is 2.93. The number of nitrogens with zero attached hydrogens (tertiary/aromatic N) is 2. The van der Waals surface area contributed by atoms with E-state index in [0.717, 1.165) is 5.56 Å². The number of carbonyl (C=O) groups excluding carboxylic acids is 1. The van der Waals surface area contributed by atoms with Crippen LogP contribution in [0.25, 0.3) is 17.3 Å². The fourth-order valence-corrected chi connectivity index (χ4v) is 4.09. The Morgan fingerprint density at radius 2 is 1.84 bits per heavy atom. The van der Waals surface area contributed by atoms with Crippen molar-refractivity contribution in [3.05, 3.63) is 77.7 Å². The van der Waals surface area contributed by atoms with Crippen molar-refractivity contribution in [3.63, 3.8) is 0 Å². The van der Waals surface area contributed by atoms with Crippen molar-refractivity contribution in [2.45, 2.75) is 6.16 Å². The molecular weight excluding hydrogens is 420 g/mol. The minimum atomic E-state index is -3.16. The van der Waals surface area contributed by atoms with E-state index in [1.165, 1.54) is 26.4 Å². The number of anilines is 1. The quantitative estimate of drug-likeness (QED) is 0.397. The molecule has 0 saturated carbocycles. The van der Waals surface area contributed by atoms with Crippen molar-refractivity contribution < 1.29 is 22.8 Å². The summed E-state index contributed by atoms with van der Waals surface area (Å²) >= 11 is 0. The first kappa shape index (κ1) is 22.6. The van der Waals surface area contributed by atoms with Gasteiger partial charge in [0.15, 0.2) is 0 Å². The summed E-state index contributed by atoms with van der Waals surface area (Å²) in [5.74, 6) is -0.715. The molecule has 3 aromatic rings. The van der Waals surface area contributed by atoms with E-state index >= 15 is 0 Å². The Hall–Kier alpha value is -3.06. The number of nitrogens with one attached hydrogen (secondary N) is 1. The maximum atomic E-state index is 14.2. The van der Waals surface area contributed by atoms with Gasteiger partial charge in [-0.1, -0.05) is 24.3 Å². The molecule has 1 aromatic heterocycles. The van der Waals surface area contributed by atoms with E-state index in [-0.39, 0.29) is 17.9 Å². The SMILES string of the molecule is COP(=O)(Cc1ccc(NC(=O)C=Cc2cnn(C)c2-c2ccccc2F)cc1)OC. The first-order valence-corrected chi connectivity index (χ1v) is 11.1. The minimum Gasteiger partial charge on any atom is -0.323 e. The van der Waals surface area contributed by atoms with E-state index in [9.17, 15) is 13.8 Å². The molecule has 1 heterocycles. The zero-order valence-corrected chi connectivity index (χ0v) is 18.3. The molecule has 0 aliphatic heterocycles. The van der Waals surface area contributed by atoms with Gasteiger partial charge in [0, 0.05) is 44.2 Å². The Morgan fingerprint density at radius 1 is 1.16 bits per heavy atom. The topological polar surface area (TPSA) is 82.5 Å². The Kier molecular flexibility index (Phi) is 7.17. The Labute approximate surface area is 180 Å². The number of halogens is 1. The van der Waals surface area contributed by atoms with Crippen molar-refractivity contribution >= 4 is 25.3 Å². The predicted molar refractivity (Wildman–Crippen MR) is 118 cm³/mol. The zero-order valence-electron chi connectivity index (χ0n) is 17.4. The van der Waals surface area contributed by atoms with Gasteiger partial charge in [0.05, 0.1) is 18.1 Å². The van der Waals surface area contributed by atoms with Crippen LogP contribution < -0.4 is 5.32 Å². The van der Waals surface area contributed by atoms with Gasteiger partial charge in [-0.05, 0) is 35.9 Å². The molecule has 0 saturated heterocycles. The lowest BCUT2D eigenvalue weighted by Crippen LogP contribution is -2.07. The number of rotatable bonds is 8. The van der Waals surface area contributed by atoms with Crippen molar-refractivity contribution in [1.29, 1.82) is 0 Å². The summed E-state index contributed by atoms with van der Waals surface area (Å²) in [6, 6.07) is 13.3. The van der Waals surface area contributed by atoms with Gasteiger partial charge in [0.2, 0.25) is 5.91 Å². The Balaban J connectivity index is 1.70. The normalized spacial score (nSPS) is 11.7. The molecule has 7 nitrogen and oxygen atoms in total. The highest BCUT2D eigenvalue weighted by molar-refractivity contribution is 7.52. The van der Waals surface area contributed by atoms with Gasteiger partial charge in [0.25, 0.3) is 0 Å². The fourth-order valence-electron chi connectivity index (χ4n) is 3.03. The van der Waals surface area contributed by atoms with Gasteiger partial charge in [0.1, 0.15) is 5.82 Å². The van der Waals surface area contributed by atoms with Gasteiger partial charge >= 0.3 is 7.60 Å². The molecular formula is C22H23FN3O4P. The summed E-state index contributed by atoms with van der Waals surface area (Å²) in [7, 11) is 1.24. The van der Waals surface area contributed by atoms with Gasteiger partial charge in [-0.25, -0.2) is 4.39 Å². The van der Waals surface area contributed by atoms with Crippen molar-refractivity contribution in [1.82, 2.24) is 9.78 Å². The summed E-state index contributed by atoms with van der Waals surface area (Å²) in [5, 5.41) is 6.92. The molecule has 9 heteroatoms. The van der Waals surface area contributed by atoms with Crippen LogP contribution in [0, 0.1) is 5.82 Å². The van der Waals surface area contributed by atoms with Crippen LogP contribution in [0.15, 0.2) is 60.8 Å². The molecule has 31 heavy (non-hydrogen) atoms. The maximum Gasteiger partial charge on any atom is 0.334 e. The highest BCUT2D eigenvalue weighted by Gasteiger charge is 2.21. The lowest BCUT2D eigenvalue weighted by atomic mass is 10.1. The number of hydrogen-bond donors (Lipinski definition) is 1. The molecule has 0 aliphatic carbocycles. The van der Waals surface area contributed by atoms with E-state index < -0.39 is 7.60 Å². The molecule has 0 unspecified atom stereocenters. The summed E-state index contributed by atoms with van der Waals surface area (Å²) in [6.45, 7) is 0. The maximum absolute atomic E-state index is 14.2. The standard InChI is InChI=1S/C22H23FN3O4P/c1-26-22(19-6-4-5-7-20(19)23)17(14-24-26)10-13-21(27)25-18-11-8-16(9-12-18)15-31(28,29-2)30-3/h4-14H,15H2,1-3H3,(H,25,27). The van der Waals surface area contributed by atoms with Crippen LogP contribution in [0.4, 0.5) is 10.1 Å². The molecule has 162 valence electrons. The van der Waals surface area contributed by atoms with Gasteiger partial charge in [-0.15, -0.1) is 0 Å². The third-order valence-corrected chi connectivity index (χ3v) is 6.53. The summed E-state index contributed by atoms with van der Waals surface area (Å²) < 4.78 is 37.8. The molecule has 2 aromatic carbocycles. The predicted octanol–water partition coefficient (Wildman–Crippen LogP) is 4.86. The lowest BCUT2D eigenvalue weighted by Gasteiger charge is -2.13. The van der Waals surface area contributed by atoms with Gasteiger partial charge < -0.3 is 14.4 Å². The molecule has 0 spiro atoms. The van der Waals surface area contributed by atoms with Crippen LogP contribution in [0.3, 0.4) is 0 Å². The lowest BCUT2D eigenvalue weighted by molar-refractivity contribution is -0.111. The third kappa shape index (κ3) is 5.55. The van der Waals surface area contributed by atoms with Gasteiger partial charge in [-0.3, -0.25) is 14.0 Å². The molecule has 3 rings (SSSR count). The second-order valence-corrected chi connectivity index (χ2v) is 8.97.